The number of amides is 2. The normalized spacial score (nSPS) is 10.4. The van der Waals surface area contributed by atoms with Gasteiger partial charge >= 0.3 is 30.9 Å². The van der Waals surface area contributed by atoms with Gasteiger partial charge in [0, 0.05) is 23.9 Å². The van der Waals surface area contributed by atoms with E-state index in [0.717, 1.165) is 11.3 Å². The summed E-state index contributed by atoms with van der Waals surface area (Å²) in [6, 6.07) is 12.6. The first kappa shape index (κ1) is 23.4. The van der Waals surface area contributed by atoms with E-state index in [1.165, 1.54) is 12.1 Å². The van der Waals surface area contributed by atoms with E-state index in [4.69, 9.17) is 5.11 Å². The first-order chi connectivity index (χ1) is 15.0. The Hall–Kier alpha value is -3.25. The maximum atomic E-state index is 15.5. The van der Waals surface area contributed by atoms with Crippen molar-refractivity contribution in [1.82, 2.24) is 15.3 Å². The molecule has 0 saturated heterocycles. The van der Waals surface area contributed by atoms with Crippen molar-refractivity contribution in [3.63, 3.8) is 0 Å². The number of pyridine rings is 1. The molecule has 0 saturated carbocycles. The molecule has 2 aromatic carbocycles. The first-order valence-electron chi connectivity index (χ1n) is 9.41. The third-order valence-electron chi connectivity index (χ3n) is 4.55. The third kappa shape index (κ3) is 4.65. The van der Waals surface area contributed by atoms with E-state index in [1.807, 2.05) is 6.07 Å². The second-order valence-corrected chi connectivity index (χ2v) is 7.56. The molecule has 4 aromatic rings. The Bertz CT molecular complexity index is 1280. The van der Waals surface area contributed by atoms with Crippen LogP contribution in [-0.2, 0) is 0 Å². The van der Waals surface area contributed by atoms with Gasteiger partial charge in [0.1, 0.15) is 5.52 Å². The van der Waals surface area contributed by atoms with Crippen LogP contribution in [0.4, 0.5) is 14.3 Å². The zero-order valence-electron chi connectivity index (χ0n) is 16.3. The van der Waals surface area contributed by atoms with Gasteiger partial charge < -0.3 is 10.4 Å². The predicted molar refractivity (Wildman–Crippen MR) is 125 cm³/mol. The van der Waals surface area contributed by atoms with Gasteiger partial charge in [-0.15, -0.1) is 0 Å². The van der Waals surface area contributed by atoms with Crippen molar-refractivity contribution in [3.8, 4) is 22.4 Å². The number of hydrogen-bond acceptors (Lipinski definition) is 5. The molecule has 7 nitrogen and oxygen atoms in total. The molecule has 3 N–H and O–H groups in total. The van der Waals surface area contributed by atoms with Gasteiger partial charge in [0.15, 0.2) is 10.9 Å². The topological polar surface area (TPSA) is 104 Å². The summed E-state index contributed by atoms with van der Waals surface area (Å²) in [5.74, 6) is -1.62. The van der Waals surface area contributed by atoms with Crippen molar-refractivity contribution in [2.75, 3.05) is 11.9 Å². The van der Waals surface area contributed by atoms with E-state index in [2.05, 4.69) is 20.6 Å². The number of thiazole rings is 1. The van der Waals surface area contributed by atoms with Crippen molar-refractivity contribution in [3.05, 3.63) is 66.1 Å². The quantitative estimate of drug-likeness (QED) is 0.397. The molecule has 0 aliphatic rings. The van der Waals surface area contributed by atoms with Gasteiger partial charge in [-0.05, 0) is 42.8 Å². The molecule has 10 heteroatoms. The fourth-order valence-electron chi connectivity index (χ4n) is 3.12. The van der Waals surface area contributed by atoms with Gasteiger partial charge in [0.25, 0.3) is 0 Å². The fourth-order valence-corrected chi connectivity index (χ4v) is 4.10. The summed E-state index contributed by atoms with van der Waals surface area (Å²) in [5.41, 5.74) is 2.28. The second-order valence-electron chi connectivity index (χ2n) is 6.56. The zero-order valence-corrected chi connectivity index (χ0v) is 17.2. The van der Waals surface area contributed by atoms with Gasteiger partial charge in [-0.1, -0.05) is 29.5 Å². The van der Waals surface area contributed by atoms with E-state index in [-0.39, 0.29) is 40.6 Å². The molecule has 4 rings (SSSR count). The standard InChI is InChI=1S/C22H17FN4O3S.Li.H/c1-2-24-21(30)27-22-26-18-17(23)14(12-6-8-13(9-7-12)20(28)29)11-15(19(18)31-22)16-5-3-4-10-25-16;;/h3-11H,2H2,1H3,(H,28,29)(H2,24,26,27,30);;. The van der Waals surface area contributed by atoms with Gasteiger partial charge in [-0.3, -0.25) is 10.3 Å². The third-order valence-corrected chi connectivity index (χ3v) is 5.55. The monoisotopic (exact) mass is 444 g/mol. The van der Waals surface area contributed by atoms with Crippen LogP contribution in [0.5, 0.6) is 0 Å². The molecule has 0 atom stereocenters. The maximum absolute atomic E-state index is 15.5. The summed E-state index contributed by atoms with van der Waals surface area (Å²) >= 11 is 1.16. The molecule has 0 spiro atoms. The van der Waals surface area contributed by atoms with Crippen LogP contribution in [0.3, 0.4) is 0 Å². The molecule has 158 valence electrons. The predicted octanol–water partition coefficient (Wildman–Crippen LogP) is 4.36. The van der Waals surface area contributed by atoms with Gasteiger partial charge in [-0.2, -0.15) is 0 Å². The molecule has 2 heterocycles. The number of nitrogens with zero attached hydrogens (tertiary/aromatic N) is 2. The Labute approximate surface area is 198 Å². The van der Waals surface area contributed by atoms with E-state index in [0.29, 0.717) is 28.1 Å². The molecule has 0 bridgehead atoms. The number of hydrogen-bond donors (Lipinski definition) is 3. The van der Waals surface area contributed by atoms with Crippen molar-refractivity contribution in [1.29, 1.82) is 0 Å². The Morgan fingerprint density at radius 1 is 1.12 bits per heavy atom. The van der Waals surface area contributed by atoms with Crippen molar-refractivity contribution in [2.24, 2.45) is 0 Å². The fraction of sp³-hybridized carbons (Fsp3) is 0.0909. The summed E-state index contributed by atoms with van der Waals surface area (Å²) in [6.45, 7) is 2.24. The van der Waals surface area contributed by atoms with Crippen LogP contribution in [0.1, 0.15) is 17.3 Å². The summed E-state index contributed by atoms with van der Waals surface area (Å²) in [7, 11) is 0. The van der Waals surface area contributed by atoms with Crippen LogP contribution >= 0.6 is 11.3 Å². The number of carbonyl (C=O) groups excluding carboxylic acids is 1. The number of aromatic nitrogens is 2. The molecule has 0 fully saturated rings. The van der Waals surface area contributed by atoms with Crippen LogP contribution < -0.4 is 10.6 Å². The molecule has 0 unspecified atom stereocenters. The zero-order chi connectivity index (χ0) is 22.0. The van der Waals surface area contributed by atoms with Crippen molar-refractivity contribution in [2.45, 2.75) is 6.92 Å². The SMILES string of the molecule is CCNC(=O)Nc1nc2c(F)c(-c3ccc(C(=O)O)cc3)cc(-c3ccccn3)c2s1.[LiH]. The van der Waals surface area contributed by atoms with E-state index < -0.39 is 17.8 Å². The molecular weight excluding hydrogens is 426 g/mol. The van der Waals surface area contributed by atoms with Crippen LogP contribution in [0, 0.1) is 5.82 Å². The summed E-state index contributed by atoms with van der Waals surface area (Å²) in [4.78, 5) is 31.7. The molecule has 0 radical (unpaired) electrons. The number of fused-ring (bicyclic) bond motifs is 1. The minimum absolute atomic E-state index is 0. The molecule has 2 amide bonds. The van der Waals surface area contributed by atoms with Gasteiger partial charge in [-0.25, -0.2) is 19.0 Å². The van der Waals surface area contributed by atoms with Crippen molar-refractivity contribution >= 4 is 57.5 Å². The van der Waals surface area contributed by atoms with Gasteiger partial charge in [0.2, 0.25) is 0 Å². The average molecular weight is 444 g/mol. The summed E-state index contributed by atoms with van der Waals surface area (Å²) < 4.78 is 16.0. The number of nitrogens with one attached hydrogen (secondary N) is 2. The number of benzene rings is 2. The van der Waals surface area contributed by atoms with Crippen LogP contribution in [0.2, 0.25) is 0 Å². The van der Waals surface area contributed by atoms with E-state index >= 15 is 4.39 Å². The number of anilines is 1. The Morgan fingerprint density at radius 3 is 2.50 bits per heavy atom. The number of aromatic carboxylic acids is 1. The Morgan fingerprint density at radius 2 is 1.88 bits per heavy atom. The van der Waals surface area contributed by atoms with Crippen LogP contribution in [0.25, 0.3) is 32.6 Å². The second kappa shape index (κ2) is 9.91. The van der Waals surface area contributed by atoms with Crippen LogP contribution in [0.15, 0.2) is 54.7 Å². The number of carboxylic acid groups (broad SMARTS) is 1. The first-order valence-corrected chi connectivity index (χ1v) is 10.2. The van der Waals surface area contributed by atoms with Crippen molar-refractivity contribution < 1.29 is 19.1 Å². The van der Waals surface area contributed by atoms with E-state index in [9.17, 15) is 9.59 Å². The molecular formula is C22H18FLiN4O3S. The molecule has 32 heavy (non-hydrogen) atoms. The number of urea groups is 1. The number of rotatable bonds is 5. The molecule has 2 aromatic heterocycles. The number of halogens is 1. The summed E-state index contributed by atoms with van der Waals surface area (Å²) in [6.07, 6.45) is 1.64. The summed E-state index contributed by atoms with van der Waals surface area (Å²) in [5, 5.41) is 14.6. The van der Waals surface area contributed by atoms with Crippen LogP contribution in [-0.4, -0.2) is 52.5 Å². The minimum atomic E-state index is -1.06. The molecule has 0 aliphatic carbocycles. The average Bonchev–Trinajstić information content (AvgIpc) is 3.19. The van der Waals surface area contributed by atoms with E-state index in [1.54, 1.807) is 43.5 Å². The Balaban J connectivity index is 0.00000289. The number of carbonyl (C=O) groups is 2. The Kier molecular flexibility index (Phi) is 7.25. The number of carboxylic acids is 1. The van der Waals surface area contributed by atoms with Gasteiger partial charge in [0.05, 0.1) is 16.0 Å². The molecule has 0 aliphatic heterocycles.